The number of anilines is 1. The van der Waals surface area contributed by atoms with Crippen molar-refractivity contribution in [2.75, 3.05) is 18.6 Å². The number of allylic oxidation sites excluding steroid dienone is 11. The number of carbonyl (C=O) groups is 3. The summed E-state index contributed by atoms with van der Waals surface area (Å²) < 4.78 is 24.9. The summed E-state index contributed by atoms with van der Waals surface area (Å²) in [4.78, 5) is 44.2. The molecule has 20 aliphatic carbocycles. The van der Waals surface area contributed by atoms with Crippen LogP contribution in [-0.2, 0) is 46.2 Å². The highest BCUT2D eigenvalue weighted by molar-refractivity contribution is 5.93. The highest BCUT2D eigenvalue weighted by atomic mass is 16.5. The first-order chi connectivity index (χ1) is 64.7. The summed E-state index contributed by atoms with van der Waals surface area (Å²) in [5.74, 6) is 16.0. The molecule has 0 saturated heterocycles. The van der Waals surface area contributed by atoms with Crippen molar-refractivity contribution in [2.24, 2.45) is 166 Å². The smallest absolute Gasteiger partial charge is 0.162 e. The van der Waals surface area contributed by atoms with Crippen molar-refractivity contribution in [2.45, 2.75) is 458 Å². The van der Waals surface area contributed by atoms with Crippen molar-refractivity contribution in [1.29, 1.82) is 0 Å². The van der Waals surface area contributed by atoms with E-state index >= 15 is 0 Å². The summed E-state index contributed by atoms with van der Waals surface area (Å²) in [5, 5.41) is 0. The van der Waals surface area contributed by atoms with E-state index in [-0.39, 0.29) is 39.5 Å². The van der Waals surface area contributed by atoms with E-state index in [0.717, 1.165) is 140 Å². The molecule has 0 amide bonds. The van der Waals surface area contributed by atoms with Crippen LogP contribution >= 0.6 is 0 Å². The van der Waals surface area contributed by atoms with Gasteiger partial charge < -0.3 is 28.8 Å². The Labute approximate surface area is 835 Å². The monoisotopic (exact) mass is 1870 g/mol. The third-order valence-corrected chi connectivity index (χ3v) is 47.4. The zero-order valence-electron chi connectivity index (χ0n) is 91.4. The van der Waals surface area contributed by atoms with Crippen LogP contribution in [0.2, 0.25) is 0 Å². The van der Waals surface area contributed by atoms with Crippen LogP contribution in [0.25, 0.3) is 0 Å². The minimum Gasteiger partial charge on any atom is -0.375 e. The number of hydrogen-bond donors (Lipinski definition) is 1. The van der Waals surface area contributed by atoms with Crippen molar-refractivity contribution >= 4 is 23.0 Å². The number of rotatable bonds is 14. The summed E-state index contributed by atoms with van der Waals surface area (Å²) in [5.41, 5.74) is 19.2. The van der Waals surface area contributed by atoms with Crippen molar-refractivity contribution in [1.82, 2.24) is 4.98 Å². The van der Waals surface area contributed by atoms with E-state index in [0.29, 0.717) is 117 Å². The Bertz CT molecular complexity index is 4920. The molecule has 22 rings (SSSR count). The molecule has 0 aliphatic heterocycles. The Kier molecular flexibility index (Phi) is 28.6. The highest BCUT2D eigenvalue weighted by Gasteiger charge is 2.70. The number of aromatic amines is 1. The first-order valence-electron chi connectivity index (χ1n) is 57.7. The maximum absolute atomic E-state index is 13.1. The SMILES string of the molecule is C=C1C=C2CC[C@@H]3C(CC[C@]4(C)[C@@H](C(=O)COC(C)C)CC[C@@H]34)[C@@]2(C)CC1.C=C1C=C[C@@]2(C)[C@@H](CC[C@@H]3[C@@H]2CC[C@]2(C)[C@@H](OC(C)C)CC[C@@H]32)C1.C=C1C[C@@H]2CC[C@@H]3[C@H](CC[C@]4(C)[C@@H](OC(C)C)CC[C@@H]34)[C@@]2(C)C[C@H]1C.CC(=O)[C@@]1(C)CC[C@@H]2[C@]1(C)C[C@H](c1ccc(N(C)C(C)C)cc1)C1=C3CCC(=O)C=C3CC[C@]12C.CC(C)O[C@H]1CC[C@H]2[C@@H]3CC[C@H]4Cc5[nH]ccc5C[C@]4(C)[C@H]3CC[C@]12C. The second-order valence-corrected chi connectivity index (χ2v) is 55.3. The van der Waals surface area contributed by atoms with Gasteiger partial charge in [-0.15, -0.1) is 0 Å². The standard InChI is InChI=1S/C32H43NO2.C25H38O2.C24H37NO.C24H40O.C23H36O/c1-20(2)33(7)24-10-8-22(9-11-24)27-19-32(6)28(15-17-31(32,5)21(3)34)30(4)16-14-23-18-25(35)12-13-26(23)29(27)30;1-16(2)27-15-23(26)22-9-8-20-19-7-6-18-14-17(3)10-12-24(18,4)21(19)11-13-25(20,22)5;1-15(2)26-22-8-7-19-18-6-5-17-13-21-16(10-12-25-21)14-24(17,4)20(18)9-11-23(19,22)3;1-15(2)25-22-10-9-20-19-8-7-18-13-16(3)17(4)14-24(18,6)21(19)11-12-23(20,22)5;1-15(2)24-21-9-8-19-18-7-6-17-14-16(3)10-12-22(17,4)20(18)11-13-23(19,21)5/h8-11,18,20,27-28H,12-17,19H2,1-7H3;14,16,19-22H,3,6-13,15H2,1-2,4-5H3;10,12,15,17-20,22,25H,5-9,11,13-14H2,1-4H3;15,17-22H,3,7-14H2,1-2,4-6H3;10,12,15,17-21H,3,6-9,11,13-14H2,1-2,4-5H3/t27-,28+,30+,31-,32+;19-,20-,21?,22+,24-,25-;17-,18-,19-,20-,22-,23-,24-;17-,18+,19+,20+,21+,22+,23+,24+;17-,18-,19-,20-,21-,22-,23-/m10010/s1. The molecule has 1 aromatic heterocycles. The number of H-pyrrole nitrogens is 1. The molecule has 20 aliphatic rings. The average Bonchev–Trinajstić information content (AvgIpc) is 1.56. The topological polar surface area (TPSA) is 107 Å². The Morgan fingerprint density at radius 3 is 1.59 bits per heavy atom. The molecule has 33 atom stereocenters. The molecule has 758 valence electrons. The van der Waals surface area contributed by atoms with Crippen LogP contribution in [0.5, 0.6) is 0 Å². The third kappa shape index (κ3) is 17.6. The number of Topliss-reactive ketones (excluding diaryl/α,β-unsaturated/α-hetero) is 2. The number of ketones is 3. The summed E-state index contributed by atoms with van der Waals surface area (Å²) in [6.07, 6.45) is 62.6. The molecule has 0 spiro atoms. The molecule has 15 saturated carbocycles. The normalized spacial score (nSPS) is 45.4. The van der Waals surface area contributed by atoms with E-state index < -0.39 is 0 Å². The summed E-state index contributed by atoms with van der Waals surface area (Å²) in [7, 11) is 2.15. The number of ether oxygens (including phenoxy) is 4. The first-order valence-corrected chi connectivity index (χ1v) is 57.7. The van der Waals surface area contributed by atoms with Gasteiger partial charge in [-0.25, -0.2) is 0 Å². The van der Waals surface area contributed by atoms with Gasteiger partial charge in [0, 0.05) is 54.3 Å². The van der Waals surface area contributed by atoms with Gasteiger partial charge in [-0.3, -0.25) is 14.4 Å². The summed E-state index contributed by atoms with van der Waals surface area (Å²) in [6, 6.07) is 12.0. The molecule has 1 N–H and O–H groups in total. The highest BCUT2D eigenvalue weighted by Crippen LogP contribution is 2.77. The molecule has 9 heteroatoms. The van der Waals surface area contributed by atoms with Gasteiger partial charge in [0.2, 0.25) is 0 Å². The van der Waals surface area contributed by atoms with Crippen molar-refractivity contribution in [3.8, 4) is 0 Å². The number of aromatic nitrogens is 1. The second kappa shape index (κ2) is 38.3. The number of nitrogens with zero attached hydrogens (tertiary/aromatic N) is 1. The van der Waals surface area contributed by atoms with Crippen molar-refractivity contribution < 1.29 is 33.3 Å². The van der Waals surface area contributed by atoms with Crippen molar-refractivity contribution in [3.05, 3.63) is 136 Å². The molecular weight excluding hydrogens is 1680 g/mol. The fourth-order valence-electron chi connectivity index (χ4n) is 39.5. The molecular formula is C128H194N2O7. The minimum absolute atomic E-state index is 0.0264. The number of benzene rings is 1. The van der Waals surface area contributed by atoms with Crippen LogP contribution in [0, 0.1) is 166 Å². The lowest BCUT2D eigenvalue weighted by Crippen LogP contribution is -2.55. The summed E-state index contributed by atoms with van der Waals surface area (Å²) >= 11 is 0. The van der Waals surface area contributed by atoms with Gasteiger partial charge in [0.15, 0.2) is 11.6 Å². The molecule has 0 radical (unpaired) electrons. The van der Waals surface area contributed by atoms with E-state index in [1.54, 1.807) is 16.7 Å². The lowest BCUT2D eigenvalue weighted by atomic mass is 9.43. The van der Waals surface area contributed by atoms with Gasteiger partial charge >= 0.3 is 0 Å². The van der Waals surface area contributed by atoms with Gasteiger partial charge in [-0.1, -0.05) is 161 Å². The lowest BCUT2D eigenvalue weighted by Gasteiger charge is -2.61. The van der Waals surface area contributed by atoms with Gasteiger partial charge in [0.05, 0.1) is 42.7 Å². The van der Waals surface area contributed by atoms with E-state index in [9.17, 15) is 14.4 Å². The Morgan fingerprint density at radius 2 is 1.01 bits per heavy atom. The number of nitrogens with one attached hydrogen (secondary N) is 1. The average molecular weight is 1870 g/mol. The molecule has 9 nitrogen and oxygen atoms in total. The van der Waals surface area contributed by atoms with Crippen LogP contribution in [-0.4, -0.2) is 84.8 Å². The zero-order chi connectivity index (χ0) is 97.9. The molecule has 1 aromatic carbocycles. The van der Waals surface area contributed by atoms with Crippen LogP contribution in [0.1, 0.15) is 413 Å². The van der Waals surface area contributed by atoms with Gasteiger partial charge in [-0.2, -0.15) is 0 Å². The molecule has 2 aromatic rings. The minimum atomic E-state index is -0.272. The third-order valence-electron chi connectivity index (χ3n) is 47.4. The van der Waals surface area contributed by atoms with E-state index in [1.165, 1.54) is 237 Å². The molecule has 137 heavy (non-hydrogen) atoms. The Hall–Kier alpha value is -4.67. The lowest BCUT2D eigenvalue weighted by molar-refractivity contribution is -0.137. The second-order valence-electron chi connectivity index (χ2n) is 55.3. The van der Waals surface area contributed by atoms with Crippen LogP contribution < -0.4 is 4.90 Å². The van der Waals surface area contributed by atoms with Crippen LogP contribution in [0.3, 0.4) is 0 Å². The largest absolute Gasteiger partial charge is 0.375 e. The van der Waals surface area contributed by atoms with Crippen molar-refractivity contribution in [3.63, 3.8) is 0 Å². The van der Waals surface area contributed by atoms with E-state index in [2.05, 4.69) is 230 Å². The van der Waals surface area contributed by atoms with E-state index in [4.69, 9.17) is 18.9 Å². The molecule has 1 unspecified atom stereocenters. The Morgan fingerprint density at radius 1 is 0.482 bits per heavy atom. The summed E-state index contributed by atoms with van der Waals surface area (Å²) in [6.45, 7) is 67.0. The number of hydrogen-bond acceptors (Lipinski definition) is 8. The fourth-order valence-corrected chi connectivity index (χ4v) is 39.5. The maximum atomic E-state index is 13.1. The zero-order valence-corrected chi connectivity index (χ0v) is 91.4. The number of carbonyl (C=O) groups excluding carboxylic acids is 3. The molecule has 1 heterocycles. The van der Waals surface area contributed by atoms with Gasteiger partial charge in [-0.05, 0) is 515 Å². The van der Waals surface area contributed by atoms with Crippen LogP contribution in [0.4, 0.5) is 5.69 Å². The van der Waals surface area contributed by atoms with E-state index in [1.807, 2.05) is 26.8 Å². The Balaban J connectivity index is 0.000000115. The fraction of sp³-hybridized carbons (Fsp3) is 0.789. The number of fused-ring (bicyclic) bond motifs is 25. The molecule has 0 bridgehead atoms. The van der Waals surface area contributed by atoms with Gasteiger partial charge in [0.1, 0.15) is 12.4 Å². The predicted octanol–water partition coefficient (Wildman–Crippen LogP) is 32.1. The maximum Gasteiger partial charge on any atom is 0.162 e. The van der Waals surface area contributed by atoms with Gasteiger partial charge in [0.25, 0.3) is 0 Å². The first kappa shape index (κ1) is 102. The quantitative estimate of drug-likeness (QED) is 0.186. The van der Waals surface area contributed by atoms with Crippen LogP contribution in [0.15, 0.2) is 120 Å². The molecule has 15 fully saturated rings. The predicted molar refractivity (Wildman–Crippen MR) is 566 cm³/mol.